The molecule has 0 aromatic rings. The number of carbonyl (C=O) groups is 2. The maximum atomic E-state index is 13.2. The van der Waals surface area contributed by atoms with Gasteiger partial charge in [0.05, 0.1) is 10.8 Å². The van der Waals surface area contributed by atoms with Gasteiger partial charge in [0.1, 0.15) is 0 Å². The van der Waals surface area contributed by atoms with Crippen molar-refractivity contribution in [3.05, 3.63) is 0 Å². The number of carboxylic acids is 1. The normalized spacial score (nSPS) is 38.1. The van der Waals surface area contributed by atoms with Crippen LogP contribution in [0, 0.1) is 22.7 Å². The predicted molar refractivity (Wildman–Crippen MR) is 72.8 cm³/mol. The van der Waals surface area contributed by atoms with Crippen LogP contribution in [0.15, 0.2) is 0 Å². The van der Waals surface area contributed by atoms with E-state index in [0.717, 1.165) is 6.42 Å². The Bertz CT molecular complexity index is 673. The fraction of sp³-hybridized carbons (Fsp3) is 0.857. The fourth-order valence-corrected chi connectivity index (χ4v) is 5.33. The monoisotopic (exact) mass is 367 g/mol. The first-order chi connectivity index (χ1) is 10.9. The number of hydrogen-bond acceptors (Lipinski definition) is 6. The Hall–Kier alpha value is -1.29. The zero-order valence-corrected chi connectivity index (χ0v) is 13.5. The molecular formula is C14H17F2O7S-. The third-order valence-corrected chi connectivity index (χ3v) is 6.53. The van der Waals surface area contributed by atoms with Gasteiger partial charge in [0.2, 0.25) is 0 Å². The average Bonchev–Trinajstić information content (AvgIpc) is 2.42. The van der Waals surface area contributed by atoms with Gasteiger partial charge in [0.25, 0.3) is 0 Å². The van der Waals surface area contributed by atoms with Crippen molar-refractivity contribution in [2.75, 3.05) is 6.61 Å². The van der Waals surface area contributed by atoms with Crippen LogP contribution in [0.3, 0.4) is 0 Å². The Morgan fingerprint density at radius 1 is 1.17 bits per heavy atom. The number of carbonyl (C=O) groups excluding carboxylic acids is 1. The highest BCUT2D eigenvalue weighted by Gasteiger charge is 2.64. The summed E-state index contributed by atoms with van der Waals surface area (Å²) in [5.74, 6) is -2.00. The molecular weight excluding hydrogens is 350 g/mol. The van der Waals surface area contributed by atoms with Crippen molar-refractivity contribution in [3.8, 4) is 0 Å². The van der Waals surface area contributed by atoms with Crippen LogP contribution in [0.4, 0.5) is 8.78 Å². The molecule has 0 spiro atoms. The minimum absolute atomic E-state index is 0.0108. The molecule has 4 fully saturated rings. The van der Waals surface area contributed by atoms with E-state index in [9.17, 15) is 36.4 Å². The maximum absolute atomic E-state index is 13.2. The smallest absolute Gasteiger partial charge is 0.367 e. The molecule has 0 radical (unpaired) electrons. The highest BCUT2D eigenvalue weighted by Crippen LogP contribution is 2.65. The lowest BCUT2D eigenvalue weighted by molar-refractivity contribution is -0.193. The van der Waals surface area contributed by atoms with Gasteiger partial charge < -0.3 is 14.4 Å². The van der Waals surface area contributed by atoms with Crippen LogP contribution >= 0.6 is 0 Å². The highest BCUT2D eigenvalue weighted by molar-refractivity contribution is 7.86. The summed E-state index contributed by atoms with van der Waals surface area (Å²) < 4.78 is 62.3. The van der Waals surface area contributed by atoms with Gasteiger partial charge in [-0.25, -0.2) is 8.42 Å². The maximum Gasteiger partial charge on any atom is 0.367 e. The first-order valence-corrected chi connectivity index (χ1v) is 9.04. The van der Waals surface area contributed by atoms with E-state index in [1.165, 1.54) is 0 Å². The molecule has 2 unspecified atom stereocenters. The Balaban J connectivity index is 1.79. The molecule has 4 aliphatic carbocycles. The van der Waals surface area contributed by atoms with Crippen molar-refractivity contribution in [2.45, 2.75) is 43.8 Å². The number of carboxylic acid groups (broad SMARTS) is 1. The third kappa shape index (κ3) is 2.59. The van der Waals surface area contributed by atoms with Crippen LogP contribution in [-0.2, 0) is 24.4 Å². The summed E-state index contributed by atoms with van der Waals surface area (Å²) in [5, 5.41) is 4.85. The van der Waals surface area contributed by atoms with Crippen molar-refractivity contribution < 1.29 is 41.2 Å². The first-order valence-electron chi connectivity index (χ1n) is 7.63. The van der Waals surface area contributed by atoms with Gasteiger partial charge in [0, 0.05) is 0 Å². The quantitative estimate of drug-likeness (QED) is 0.575. The standard InChI is InChI=1S/C14H18F2O7S/c15-14(16,24(20,21)22)7-23-11(19)13-4-8-1-9(5-13)3-12(2-8,6-13)10(17)18/h8-9H,1-7H2,(H,17,18)(H,20,21,22)/p-1. The van der Waals surface area contributed by atoms with Crippen LogP contribution in [0.5, 0.6) is 0 Å². The lowest BCUT2D eigenvalue weighted by atomic mass is 9.44. The molecule has 4 aliphatic rings. The topological polar surface area (TPSA) is 121 Å². The Kier molecular flexibility index (Phi) is 3.73. The van der Waals surface area contributed by atoms with Crippen molar-refractivity contribution in [1.29, 1.82) is 0 Å². The number of alkyl halides is 2. The summed E-state index contributed by atoms with van der Waals surface area (Å²) >= 11 is 0. The van der Waals surface area contributed by atoms with Crippen molar-refractivity contribution in [2.24, 2.45) is 22.7 Å². The molecule has 0 aromatic heterocycles. The summed E-state index contributed by atoms with van der Waals surface area (Å²) in [5.41, 5.74) is -2.22. The number of halogens is 2. The van der Waals surface area contributed by atoms with E-state index in [-0.39, 0.29) is 18.3 Å². The molecule has 4 saturated carbocycles. The number of ether oxygens (including phenoxy) is 1. The number of esters is 1. The van der Waals surface area contributed by atoms with Gasteiger partial charge in [0.15, 0.2) is 16.7 Å². The molecule has 4 rings (SSSR count). The highest BCUT2D eigenvalue weighted by atomic mass is 32.2. The molecule has 0 aliphatic heterocycles. The molecule has 0 heterocycles. The average molecular weight is 367 g/mol. The second kappa shape index (κ2) is 5.10. The Labute approximate surface area is 137 Å². The first kappa shape index (κ1) is 17.5. The van der Waals surface area contributed by atoms with Gasteiger partial charge >= 0.3 is 17.2 Å². The number of aliphatic carboxylic acids is 1. The fourth-order valence-electron chi connectivity index (χ4n) is 5.13. The Morgan fingerprint density at radius 2 is 1.67 bits per heavy atom. The SMILES string of the molecule is O=C(O)C12CC3CC(C1)CC(C(=O)OCC(F)(F)S(=O)(=O)[O-])(C3)C2. The second-order valence-corrected chi connectivity index (χ2v) is 9.00. The summed E-state index contributed by atoms with van der Waals surface area (Å²) in [6, 6.07) is 0. The third-order valence-electron chi connectivity index (χ3n) is 5.68. The molecule has 24 heavy (non-hydrogen) atoms. The largest absolute Gasteiger partial charge is 0.743 e. The lowest BCUT2D eigenvalue weighted by Crippen LogP contribution is -2.58. The Morgan fingerprint density at radius 3 is 2.12 bits per heavy atom. The van der Waals surface area contributed by atoms with Gasteiger partial charge in [-0.2, -0.15) is 8.78 Å². The van der Waals surface area contributed by atoms with Crippen molar-refractivity contribution >= 4 is 22.1 Å². The van der Waals surface area contributed by atoms with E-state index < -0.39 is 44.7 Å². The molecule has 2 atom stereocenters. The van der Waals surface area contributed by atoms with Crippen LogP contribution in [0.25, 0.3) is 0 Å². The molecule has 4 bridgehead atoms. The molecule has 10 heteroatoms. The van der Waals surface area contributed by atoms with E-state index in [2.05, 4.69) is 4.74 Å². The summed E-state index contributed by atoms with van der Waals surface area (Å²) in [7, 11) is -5.93. The summed E-state index contributed by atoms with van der Waals surface area (Å²) in [6.45, 7) is -1.84. The minimum Gasteiger partial charge on any atom is -0.743 e. The number of hydrogen-bond donors (Lipinski definition) is 1. The molecule has 7 nitrogen and oxygen atoms in total. The van der Waals surface area contributed by atoms with E-state index in [1.807, 2.05) is 0 Å². The summed E-state index contributed by atoms with van der Waals surface area (Å²) in [4.78, 5) is 24.1. The molecule has 0 saturated heterocycles. The second-order valence-electron chi connectivity index (χ2n) is 7.49. The van der Waals surface area contributed by atoms with Crippen LogP contribution in [0.2, 0.25) is 0 Å². The van der Waals surface area contributed by atoms with E-state index in [0.29, 0.717) is 25.7 Å². The van der Waals surface area contributed by atoms with Gasteiger partial charge in [-0.15, -0.1) is 0 Å². The minimum atomic E-state index is -5.93. The van der Waals surface area contributed by atoms with Gasteiger partial charge in [-0.3, -0.25) is 9.59 Å². The van der Waals surface area contributed by atoms with E-state index >= 15 is 0 Å². The van der Waals surface area contributed by atoms with Gasteiger partial charge in [-0.05, 0) is 50.4 Å². The van der Waals surface area contributed by atoms with Crippen molar-refractivity contribution in [1.82, 2.24) is 0 Å². The van der Waals surface area contributed by atoms with E-state index in [4.69, 9.17) is 0 Å². The van der Waals surface area contributed by atoms with Gasteiger partial charge in [-0.1, -0.05) is 0 Å². The number of rotatable bonds is 5. The van der Waals surface area contributed by atoms with Crippen LogP contribution in [0.1, 0.15) is 38.5 Å². The zero-order chi connectivity index (χ0) is 18.0. The predicted octanol–water partition coefficient (Wildman–Crippen LogP) is 1.34. The molecule has 1 N–H and O–H groups in total. The van der Waals surface area contributed by atoms with Crippen molar-refractivity contribution in [3.63, 3.8) is 0 Å². The molecule has 0 aromatic carbocycles. The lowest BCUT2D eigenvalue weighted by Gasteiger charge is -2.59. The molecule has 0 amide bonds. The zero-order valence-electron chi connectivity index (χ0n) is 12.7. The molecule has 136 valence electrons. The summed E-state index contributed by atoms with van der Waals surface area (Å²) in [6.07, 6.45) is 2.43. The van der Waals surface area contributed by atoms with Crippen LogP contribution in [-0.4, -0.2) is 41.9 Å². The van der Waals surface area contributed by atoms with Crippen LogP contribution < -0.4 is 0 Å². The van der Waals surface area contributed by atoms with E-state index in [1.54, 1.807) is 0 Å².